The van der Waals surface area contributed by atoms with Gasteiger partial charge >= 0.3 is 0 Å². The molecule has 0 atom stereocenters. The number of anilines is 2. The Morgan fingerprint density at radius 3 is 2.52 bits per heavy atom. The molecule has 6 nitrogen and oxygen atoms in total. The molecule has 0 spiro atoms. The summed E-state index contributed by atoms with van der Waals surface area (Å²) in [4.78, 5) is 28.8. The summed E-state index contributed by atoms with van der Waals surface area (Å²) in [5.74, 6) is -0.0653. The Hall–Kier alpha value is -2.64. The summed E-state index contributed by atoms with van der Waals surface area (Å²) in [7, 11) is 0. The number of nitrogens with zero attached hydrogens (tertiary/aromatic N) is 2. The van der Waals surface area contributed by atoms with E-state index in [0.717, 1.165) is 23.4 Å². The molecule has 3 rings (SSSR count). The van der Waals surface area contributed by atoms with Crippen LogP contribution in [0, 0.1) is 6.92 Å². The zero-order chi connectivity index (χ0) is 22.4. The largest absolute Gasteiger partial charge is 0.366 e. The second kappa shape index (κ2) is 10.6. The Balaban J connectivity index is 1.67. The van der Waals surface area contributed by atoms with Crippen LogP contribution in [0.4, 0.5) is 11.4 Å². The Kier molecular flexibility index (Phi) is 7.87. The molecule has 0 radical (unpaired) electrons. The fourth-order valence-electron chi connectivity index (χ4n) is 3.57. The van der Waals surface area contributed by atoms with E-state index in [1.807, 2.05) is 49.1 Å². The highest BCUT2D eigenvalue weighted by Crippen LogP contribution is 2.30. The summed E-state index contributed by atoms with van der Waals surface area (Å²) >= 11 is 11.6. The third kappa shape index (κ3) is 6.18. The van der Waals surface area contributed by atoms with Gasteiger partial charge in [-0.25, -0.2) is 0 Å². The lowest BCUT2D eigenvalue weighted by molar-refractivity contribution is -0.131. The van der Waals surface area contributed by atoms with Crippen molar-refractivity contribution in [2.75, 3.05) is 36.4 Å². The van der Waals surface area contributed by atoms with E-state index in [-0.39, 0.29) is 16.9 Å². The van der Waals surface area contributed by atoms with E-state index in [9.17, 15) is 9.59 Å². The molecule has 0 bridgehead atoms. The molecule has 2 amide bonds. The third-order valence-electron chi connectivity index (χ3n) is 5.15. The molecule has 0 unspecified atom stereocenters. The average Bonchev–Trinajstić information content (AvgIpc) is 2.74. The summed E-state index contributed by atoms with van der Waals surface area (Å²) in [5, 5.41) is 6.60. The topological polar surface area (TPSA) is 64.7 Å². The van der Waals surface area contributed by atoms with E-state index in [4.69, 9.17) is 23.8 Å². The predicted octanol–water partition coefficient (Wildman–Crippen LogP) is 4.22. The van der Waals surface area contributed by atoms with Crippen LogP contribution < -0.4 is 15.5 Å². The number of halogens is 1. The van der Waals surface area contributed by atoms with Crippen molar-refractivity contribution in [2.24, 2.45) is 0 Å². The van der Waals surface area contributed by atoms with Gasteiger partial charge in [-0.1, -0.05) is 36.2 Å². The smallest absolute Gasteiger partial charge is 0.257 e. The third-order valence-corrected chi connectivity index (χ3v) is 5.59. The molecule has 2 N–H and O–H groups in total. The predicted molar refractivity (Wildman–Crippen MR) is 130 cm³/mol. The van der Waals surface area contributed by atoms with Gasteiger partial charge < -0.3 is 15.1 Å². The van der Waals surface area contributed by atoms with Gasteiger partial charge in [0.05, 0.1) is 11.4 Å². The van der Waals surface area contributed by atoms with Crippen LogP contribution >= 0.6 is 23.8 Å². The second-order valence-electron chi connectivity index (χ2n) is 7.56. The lowest BCUT2D eigenvalue weighted by atomic mass is 10.1. The highest BCUT2D eigenvalue weighted by Gasteiger charge is 2.22. The van der Waals surface area contributed by atoms with Crippen molar-refractivity contribution in [3.8, 4) is 0 Å². The first kappa shape index (κ1) is 23.0. The van der Waals surface area contributed by atoms with Crippen molar-refractivity contribution in [1.82, 2.24) is 10.2 Å². The van der Waals surface area contributed by atoms with Crippen LogP contribution in [-0.2, 0) is 4.79 Å². The molecule has 0 saturated carbocycles. The van der Waals surface area contributed by atoms with Gasteiger partial charge in [-0.15, -0.1) is 0 Å². The molecule has 0 aromatic heterocycles. The Morgan fingerprint density at radius 1 is 1.10 bits per heavy atom. The molecule has 2 aromatic rings. The Labute approximate surface area is 193 Å². The molecule has 8 heteroatoms. The van der Waals surface area contributed by atoms with Crippen LogP contribution in [0.1, 0.15) is 35.7 Å². The highest BCUT2D eigenvalue weighted by molar-refractivity contribution is 7.80. The number of amides is 2. The first-order valence-electron chi connectivity index (χ1n) is 10.4. The number of thiocarbonyl (C=S) groups is 1. The van der Waals surface area contributed by atoms with Crippen LogP contribution in [0.3, 0.4) is 0 Å². The van der Waals surface area contributed by atoms with Gasteiger partial charge in [-0.3, -0.25) is 14.9 Å². The van der Waals surface area contributed by atoms with Crippen molar-refractivity contribution >= 4 is 52.1 Å². The summed E-state index contributed by atoms with van der Waals surface area (Å²) in [6.07, 6.45) is 1.44. The maximum atomic E-state index is 12.5. The van der Waals surface area contributed by atoms with E-state index in [1.165, 1.54) is 0 Å². The monoisotopic (exact) mass is 458 g/mol. The van der Waals surface area contributed by atoms with E-state index >= 15 is 0 Å². The molecule has 31 heavy (non-hydrogen) atoms. The molecular formula is C23H27ClN4O2S. The minimum atomic E-state index is -0.271. The van der Waals surface area contributed by atoms with Crippen molar-refractivity contribution in [1.29, 1.82) is 0 Å². The van der Waals surface area contributed by atoms with E-state index in [1.54, 1.807) is 12.1 Å². The van der Waals surface area contributed by atoms with Crippen LogP contribution in [-0.4, -0.2) is 48.0 Å². The molecule has 0 aliphatic carbocycles. The van der Waals surface area contributed by atoms with Gasteiger partial charge in [-0.2, -0.15) is 0 Å². The number of rotatable bonds is 5. The quantitative estimate of drug-likeness (QED) is 0.656. The molecule has 164 valence electrons. The van der Waals surface area contributed by atoms with E-state index in [2.05, 4.69) is 15.5 Å². The number of carbonyl (C=O) groups excluding carboxylic acids is 2. The van der Waals surface area contributed by atoms with Crippen molar-refractivity contribution in [2.45, 2.75) is 26.7 Å². The molecule has 2 aromatic carbocycles. The van der Waals surface area contributed by atoms with Gasteiger partial charge in [0, 0.05) is 43.2 Å². The fourth-order valence-corrected chi connectivity index (χ4v) is 3.94. The number of aryl methyl sites for hydroxylation is 1. The number of nitrogens with one attached hydrogen (secondary N) is 2. The van der Waals surface area contributed by atoms with Gasteiger partial charge in [0.15, 0.2) is 5.11 Å². The van der Waals surface area contributed by atoms with Crippen molar-refractivity contribution < 1.29 is 9.59 Å². The van der Waals surface area contributed by atoms with Gasteiger partial charge in [0.25, 0.3) is 5.91 Å². The molecule has 1 heterocycles. The summed E-state index contributed by atoms with van der Waals surface area (Å²) in [6, 6.07) is 12.9. The number of piperazine rings is 1. The van der Waals surface area contributed by atoms with Crippen molar-refractivity contribution in [3.05, 3.63) is 58.6 Å². The van der Waals surface area contributed by atoms with Crippen LogP contribution in [0.15, 0.2) is 42.5 Å². The zero-order valence-electron chi connectivity index (χ0n) is 17.8. The van der Waals surface area contributed by atoms with Crippen LogP contribution in [0.5, 0.6) is 0 Å². The van der Waals surface area contributed by atoms with Gasteiger partial charge in [0.2, 0.25) is 5.91 Å². The Morgan fingerprint density at radius 2 is 1.84 bits per heavy atom. The van der Waals surface area contributed by atoms with Crippen LogP contribution in [0.2, 0.25) is 5.02 Å². The SMILES string of the molecule is CCCC(=O)N1CCN(c2ccc(Cl)cc2NC(=S)NC(=O)c2cccc(C)c2)CC1. The number of carbonyl (C=O) groups is 2. The number of benzene rings is 2. The fraction of sp³-hybridized carbons (Fsp3) is 0.348. The van der Waals surface area contributed by atoms with Gasteiger partial charge in [0.1, 0.15) is 0 Å². The van der Waals surface area contributed by atoms with Crippen LogP contribution in [0.25, 0.3) is 0 Å². The van der Waals surface area contributed by atoms with E-state index in [0.29, 0.717) is 43.2 Å². The number of hydrogen-bond acceptors (Lipinski definition) is 4. The van der Waals surface area contributed by atoms with Crippen molar-refractivity contribution in [3.63, 3.8) is 0 Å². The maximum Gasteiger partial charge on any atom is 0.257 e. The maximum absolute atomic E-state index is 12.5. The minimum absolute atomic E-state index is 0.201. The van der Waals surface area contributed by atoms with E-state index < -0.39 is 0 Å². The normalized spacial score (nSPS) is 13.6. The van der Waals surface area contributed by atoms with Gasteiger partial charge in [-0.05, 0) is 55.9 Å². The standard InChI is InChI=1S/C23H27ClN4O2S/c1-3-5-21(29)28-12-10-27(11-13-28)20-9-8-18(24)15-19(20)25-23(31)26-22(30)17-7-4-6-16(2)14-17/h4,6-9,14-15H,3,5,10-13H2,1-2H3,(H2,25,26,30,31). The molecular weight excluding hydrogens is 432 g/mol. The molecule has 1 aliphatic heterocycles. The second-order valence-corrected chi connectivity index (χ2v) is 8.40. The molecule has 1 saturated heterocycles. The molecule has 1 aliphatic rings. The first-order chi connectivity index (χ1) is 14.9. The summed E-state index contributed by atoms with van der Waals surface area (Å²) in [5.41, 5.74) is 3.19. The lowest BCUT2D eigenvalue weighted by Gasteiger charge is -2.37. The first-order valence-corrected chi connectivity index (χ1v) is 11.2. The highest BCUT2D eigenvalue weighted by atomic mass is 35.5. The lowest BCUT2D eigenvalue weighted by Crippen LogP contribution is -2.49. The summed E-state index contributed by atoms with van der Waals surface area (Å²) < 4.78 is 0. The minimum Gasteiger partial charge on any atom is -0.366 e. The summed E-state index contributed by atoms with van der Waals surface area (Å²) in [6.45, 7) is 6.73. The number of hydrogen-bond donors (Lipinski definition) is 2. The zero-order valence-corrected chi connectivity index (χ0v) is 19.4. The Bertz CT molecular complexity index is 974. The average molecular weight is 459 g/mol. The molecule has 1 fully saturated rings.